The number of hydrogen-bond donors (Lipinski definition) is 1. The fourth-order valence-corrected chi connectivity index (χ4v) is 0.675. The van der Waals surface area contributed by atoms with E-state index in [1.165, 1.54) is 0 Å². The molecule has 0 saturated carbocycles. The van der Waals surface area contributed by atoms with E-state index < -0.39 is 0 Å². The van der Waals surface area contributed by atoms with E-state index in [0.29, 0.717) is 0 Å². The highest BCUT2D eigenvalue weighted by atomic mass is 35.5. The molecule has 0 atom stereocenters. The average molecular weight is 161 g/mol. The lowest BCUT2D eigenvalue weighted by molar-refractivity contribution is 0.552. The minimum Gasteiger partial charge on any atom is -0.348 e. The van der Waals surface area contributed by atoms with Crippen LogP contribution in [0.15, 0.2) is 12.4 Å². The van der Waals surface area contributed by atoms with Crippen LogP contribution >= 0.6 is 12.4 Å². The van der Waals surface area contributed by atoms with Gasteiger partial charge in [-0.1, -0.05) is 20.8 Å². The molecule has 3 heteroatoms. The summed E-state index contributed by atoms with van der Waals surface area (Å²) in [6, 6.07) is 0. The zero-order chi connectivity index (χ0) is 6.91. The maximum atomic E-state index is 4.13. The van der Waals surface area contributed by atoms with Gasteiger partial charge < -0.3 is 4.98 Å². The highest BCUT2D eigenvalue weighted by molar-refractivity contribution is 5.85. The molecule has 0 amide bonds. The Morgan fingerprint density at radius 1 is 1.40 bits per heavy atom. The molecule has 0 aliphatic rings. The van der Waals surface area contributed by atoms with E-state index in [0.717, 1.165) is 5.82 Å². The van der Waals surface area contributed by atoms with Gasteiger partial charge in [0.25, 0.3) is 0 Å². The predicted octanol–water partition coefficient (Wildman–Crippen LogP) is 2.13. The standard InChI is InChI=1S/C7H12N2.ClH/c1-7(2,3)6-8-4-5-9-6;/h4-5H,1-3H3,(H,8,9);1H. The number of aromatic amines is 1. The van der Waals surface area contributed by atoms with Gasteiger partial charge in [-0.25, -0.2) is 4.98 Å². The van der Waals surface area contributed by atoms with Crippen molar-refractivity contribution >= 4 is 12.4 Å². The number of rotatable bonds is 0. The number of imidazole rings is 1. The highest BCUT2D eigenvalue weighted by Crippen LogP contribution is 2.16. The van der Waals surface area contributed by atoms with Gasteiger partial charge in [0.1, 0.15) is 5.82 Å². The molecule has 1 aromatic rings. The number of nitrogens with zero attached hydrogens (tertiary/aromatic N) is 1. The van der Waals surface area contributed by atoms with Gasteiger partial charge >= 0.3 is 0 Å². The maximum Gasteiger partial charge on any atom is 0.111 e. The minimum absolute atomic E-state index is 0. The van der Waals surface area contributed by atoms with Crippen LogP contribution in [0.5, 0.6) is 0 Å². The lowest BCUT2D eigenvalue weighted by Crippen LogP contribution is -2.12. The van der Waals surface area contributed by atoms with Crippen LogP contribution in [0.2, 0.25) is 0 Å². The molecule has 2 nitrogen and oxygen atoms in total. The molecule has 0 spiro atoms. The summed E-state index contributed by atoms with van der Waals surface area (Å²) in [7, 11) is 0. The highest BCUT2D eigenvalue weighted by Gasteiger charge is 2.14. The zero-order valence-electron chi connectivity index (χ0n) is 6.51. The number of H-pyrrole nitrogens is 1. The normalized spacial score (nSPS) is 10.7. The monoisotopic (exact) mass is 160 g/mol. The van der Waals surface area contributed by atoms with Crippen molar-refractivity contribution in [2.75, 3.05) is 0 Å². The molecule has 1 N–H and O–H groups in total. The van der Waals surface area contributed by atoms with Crippen LogP contribution in [0.4, 0.5) is 0 Å². The Bertz CT molecular complexity index is 174. The largest absolute Gasteiger partial charge is 0.348 e. The first-order valence-corrected chi connectivity index (χ1v) is 3.10. The molecule has 0 aliphatic carbocycles. The first kappa shape index (κ1) is 9.50. The molecule has 0 radical (unpaired) electrons. The second kappa shape index (κ2) is 3.06. The fourth-order valence-electron chi connectivity index (χ4n) is 0.675. The van der Waals surface area contributed by atoms with Crippen LogP contribution in [0.3, 0.4) is 0 Å². The Balaban J connectivity index is 0.000000810. The first-order valence-electron chi connectivity index (χ1n) is 3.10. The van der Waals surface area contributed by atoms with Crippen LogP contribution < -0.4 is 0 Å². The van der Waals surface area contributed by atoms with Crippen molar-refractivity contribution < 1.29 is 0 Å². The van der Waals surface area contributed by atoms with E-state index in [1.54, 1.807) is 6.20 Å². The average Bonchev–Trinajstić information content (AvgIpc) is 2.08. The summed E-state index contributed by atoms with van der Waals surface area (Å²) in [4.78, 5) is 7.20. The van der Waals surface area contributed by atoms with Gasteiger partial charge in [-0.05, 0) is 0 Å². The van der Waals surface area contributed by atoms with E-state index in [2.05, 4.69) is 30.7 Å². The first-order chi connectivity index (χ1) is 4.11. The molecule has 1 aromatic heterocycles. The molecule has 0 unspecified atom stereocenters. The quantitative estimate of drug-likeness (QED) is 0.619. The third kappa shape index (κ3) is 2.03. The third-order valence-electron chi connectivity index (χ3n) is 1.21. The van der Waals surface area contributed by atoms with Crippen molar-refractivity contribution in [1.82, 2.24) is 9.97 Å². The van der Waals surface area contributed by atoms with Gasteiger partial charge in [-0.3, -0.25) is 0 Å². The lowest BCUT2D eigenvalue weighted by Gasteiger charge is -2.13. The van der Waals surface area contributed by atoms with Gasteiger partial charge in [0, 0.05) is 17.8 Å². The van der Waals surface area contributed by atoms with Gasteiger partial charge in [-0.15, -0.1) is 12.4 Å². The molecule has 0 saturated heterocycles. The smallest absolute Gasteiger partial charge is 0.111 e. The van der Waals surface area contributed by atoms with E-state index >= 15 is 0 Å². The Labute approximate surface area is 67.5 Å². The third-order valence-corrected chi connectivity index (χ3v) is 1.21. The van der Waals surface area contributed by atoms with Crippen molar-refractivity contribution in [1.29, 1.82) is 0 Å². The Morgan fingerprint density at radius 3 is 2.20 bits per heavy atom. The van der Waals surface area contributed by atoms with E-state index in [-0.39, 0.29) is 17.8 Å². The number of nitrogens with one attached hydrogen (secondary N) is 1. The molecular formula is C7H13ClN2. The van der Waals surface area contributed by atoms with Crippen molar-refractivity contribution in [3.8, 4) is 0 Å². The maximum absolute atomic E-state index is 4.13. The van der Waals surface area contributed by atoms with Gasteiger partial charge in [0.05, 0.1) is 0 Å². The zero-order valence-corrected chi connectivity index (χ0v) is 7.33. The van der Waals surface area contributed by atoms with Crippen LogP contribution in [-0.2, 0) is 5.41 Å². The van der Waals surface area contributed by atoms with Crippen LogP contribution in [0, 0.1) is 0 Å². The van der Waals surface area contributed by atoms with Crippen LogP contribution in [0.25, 0.3) is 0 Å². The van der Waals surface area contributed by atoms with Crippen molar-refractivity contribution in [2.45, 2.75) is 26.2 Å². The number of hydrogen-bond acceptors (Lipinski definition) is 1. The summed E-state index contributed by atoms with van der Waals surface area (Å²) in [6.45, 7) is 6.39. The Morgan fingerprint density at radius 2 is 2.00 bits per heavy atom. The summed E-state index contributed by atoms with van der Waals surface area (Å²) in [5, 5.41) is 0. The van der Waals surface area contributed by atoms with Crippen molar-refractivity contribution in [2.24, 2.45) is 0 Å². The summed E-state index contributed by atoms with van der Waals surface area (Å²) < 4.78 is 0. The summed E-state index contributed by atoms with van der Waals surface area (Å²) in [6.07, 6.45) is 3.63. The number of halogens is 1. The molecule has 58 valence electrons. The second-order valence-electron chi connectivity index (χ2n) is 3.19. The SMILES string of the molecule is CC(C)(C)c1ncc[nH]1.Cl. The molecule has 0 fully saturated rings. The summed E-state index contributed by atoms with van der Waals surface area (Å²) in [5.41, 5.74) is 0.156. The van der Waals surface area contributed by atoms with Crippen LogP contribution in [-0.4, -0.2) is 9.97 Å². The van der Waals surface area contributed by atoms with Crippen molar-refractivity contribution in [3.05, 3.63) is 18.2 Å². The van der Waals surface area contributed by atoms with Gasteiger partial charge in [0.15, 0.2) is 0 Å². The van der Waals surface area contributed by atoms with Crippen LogP contribution in [0.1, 0.15) is 26.6 Å². The molecule has 0 aromatic carbocycles. The number of aromatic nitrogens is 2. The second-order valence-corrected chi connectivity index (χ2v) is 3.19. The van der Waals surface area contributed by atoms with Gasteiger partial charge in [0.2, 0.25) is 0 Å². The van der Waals surface area contributed by atoms with Crippen molar-refractivity contribution in [3.63, 3.8) is 0 Å². The summed E-state index contributed by atoms with van der Waals surface area (Å²) in [5.74, 6) is 1.04. The Kier molecular flexibility index (Phi) is 2.91. The van der Waals surface area contributed by atoms with Gasteiger partial charge in [-0.2, -0.15) is 0 Å². The molecule has 0 aliphatic heterocycles. The minimum atomic E-state index is 0. The summed E-state index contributed by atoms with van der Waals surface area (Å²) >= 11 is 0. The Hall–Kier alpha value is -0.500. The van der Waals surface area contributed by atoms with E-state index in [9.17, 15) is 0 Å². The predicted molar refractivity (Wildman–Crippen MR) is 44.5 cm³/mol. The van der Waals surface area contributed by atoms with E-state index in [4.69, 9.17) is 0 Å². The topological polar surface area (TPSA) is 28.7 Å². The molecular weight excluding hydrogens is 148 g/mol. The lowest BCUT2D eigenvalue weighted by atomic mass is 9.96. The molecule has 1 rings (SSSR count). The fraction of sp³-hybridized carbons (Fsp3) is 0.571. The molecule has 0 bridgehead atoms. The molecule has 1 heterocycles. The van der Waals surface area contributed by atoms with E-state index in [1.807, 2.05) is 6.20 Å². The molecule has 10 heavy (non-hydrogen) atoms.